The van der Waals surface area contributed by atoms with Gasteiger partial charge >= 0.3 is 0 Å². The van der Waals surface area contributed by atoms with Crippen molar-refractivity contribution in [2.75, 3.05) is 34.9 Å². The van der Waals surface area contributed by atoms with Crippen LogP contribution in [0.1, 0.15) is 11.1 Å². The predicted octanol–water partition coefficient (Wildman–Crippen LogP) is 3.39. The van der Waals surface area contributed by atoms with Crippen molar-refractivity contribution in [3.05, 3.63) is 53.6 Å². The van der Waals surface area contributed by atoms with E-state index in [1.807, 2.05) is 24.3 Å². The van der Waals surface area contributed by atoms with Crippen LogP contribution in [0.5, 0.6) is 17.2 Å². The third-order valence-corrected chi connectivity index (χ3v) is 3.82. The van der Waals surface area contributed by atoms with Gasteiger partial charge < -0.3 is 19.1 Å². The Morgan fingerprint density at radius 1 is 0.826 bits per heavy atom. The monoisotopic (exact) mass is 315 g/mol. The molecular formula is C19H25NO3. The van der Waals surface area contributed by atoms with E-state index in [4.69, 9.17) is 14.2 Å². The van der Waals surface area contributed by atoms with Crippen LogP contribution in [0.4, 0.5) is 0 Å². The molecule has 124 valence electrons. The molecule has 0 atom stereocenters. The minimum absolute atomic E-state index is 0.765. The Morgan fingerprint density at radius 2 is 1.61 bits per heavy atom. The van der Waals surface area contributed by atoms with Crippen molar-refractivity contribution in [1.82, 2.24) is 4.90 Å². The molecule has 0 radical (unpaired) electrons. The first kappa shape index (κ1) is 17.2. The zero-order valence-electron chi connectivity index (χ0n) is 14.3. The number of rotatable bonds is 8. The molecule has 0 saturated heterocycles. The Balaban J connectivity index is 1.92. The van der Waals surface area contributed by atoms with E-state index in [0.29, 0.717) is 0 Å². The summed E-state index contributed by atoms with van der Waals surface area (Å²) in [5.41, 5.74) is 2.49. The maximum absolute atomic E-state index is 5.35. The van der Waals surface area contributed by atoms with Crippen LogP contribution < -0.4 is 14.2 Å². The maximum Gasteiger partial charge on any atom is 0.160 e. The summed E-state index contributed by atoms with van der Waals surface area (Å²) in [6.07, 6.45) is 0.959. The van der Waals surface area contributed by atoms with Gasteiger partial charge in [0.15, 0.2) is 11.5 Å². The zero-order chi connectivity index (χ0) is 16.7. The molecule has 0 amide bonds. The van der Waals surface area contributed by atoms with Crippen molar-refractivity contribution in [2.24, 2.45) is 0 Å². The van der Waals surface area contributed by atoms with Crippen LogP contribution in [0.15, 0.2) is 42.5 Å². The average Bonchev–Trinajstić information content (AvgIpc) is 2.59. The molecule has 0 aliphatic heterocycles. The molecule has 0 aliphatic carbocycles. The fourth-order valence-electron chi connectivity index (χ4n) is 2.52. The van der Waals surface area contributed by atoms with E-state index in [9.17, 15) is 0 Å². The molecule has 0 saturated carbocycles. The molecule has 2 aromatic rings. The number of benzene rings is 2. The van der Waals surface area contributed by atoms with Gasteiger partial charge in [-0.1, -0.05) is 18.2 Å². The Kier molecular flexibility index (Phi) is 6.29. The molecule has 0 bridgehead atoms. The zero-order valence-corrected chi connectivity index (χ0v) is 14.3. The first-order valence-electron chi connectivity index (χ1n) is 7.68. The Hall–Kier alpha value is -2.20. The van der Waals surface area contributed by atoms with Crippen molar-refractivity contribution in [1.29, 1.82) is 0 Å². The summed E-state index contributed by atoms with van der Waals surface area (Å²) >= 11 is 0. The van der Waals surface area contributed by atoms with Gasteiger partial charge in [0.05, 0.1) is 21.3 Å². The van der Waals surface area contributed by atoms with Crippen molar-refractivity contribution in [2.45, 2.75) is 13.0 Å². The highest BCUT2D eigenvalue weighted by Crippen LogP contribution is 2.27. The lowest BCUT2D eigenvalue weighted by molar-refractivity contribution is 0.329. The van der Waals surface area contributed by atoms with Crippen molar-refractivity contribution < 1.29 is 14.2 Å². The van der Waals surface area contributed by atoms with E-state index in [-0.39, 0.29) is 0 Å². The van der Waals surface area contributed by atoms with Gasteiger partial charge in [0.25, 0.3) is 0 Å². The smallest absolute Gasteiger partial charge is 0.160 e. The Labute approximate surface area is 138 Å². The van der Waals surface area contributed by atoms with Gasteiger partial charge in [-0.2, -0.15) is 0 Å². The molecule has 2 rings (SSSR count). The lowest BCUT2D eigenvalue weighted by Gasteiger charge is -2.17. The normalized spacial score (nSPS) is 10.7. The topological polar surface area (TPSA) is 30.9 Å². The van der Waals surface area contributed by atoms with Crippen LogP contribution in [0.2, 0.25) is 0 Å². The molecule has 0 unspecified atom stereocenters. The molecular weight excluding hydrogens is 290 g/mol. The largest absolute Gasteiger partial charge is 0.497 e. The maximum atomic E-state index is 5.35. The van der Waals surface area contributed by atoms with Gasteiger partial charge in [-0.25, -0.2) is 0 Å². The third kappa shape index (κ3) is 4.89. The summed E-state index contributed by atoms with van der Waals surface area (Å²) in [5.74, 6) is 2.44. The van der Waals surface area contributed by atoms with Gasteiger partial charge in [-0.15, -0.1) is 0 Å². The fourth-order valence-corrected chi connectivity index (χ4v) is 2.52. The number of methoxy groups -OCH3 is 3. The fraction of sp³-hybridized carbons (Fsp3) is 0.368. The summed E-state index contributed by atoms with van der Waals surface area (Å²) < 4.78 is 15.9. The van der Waals surface area contributed by atoms with E-state index in [1.54, 1.807) is 21.3 Å². The molecule has 23 heavy (non-hydrogen) atoms. The standard InChI is InChI=1S/C19H25NO3/c1-20(14-16-6-5-7-17(12-16)21-2)11-10-15-8-9-18(22-3)19(13-15)23-4/h5-9,12-13H,10-11,14H2,1-4H3. The number of likely N-dealkylation sites (N-methyl/N-ethyl adjacent to an activating group) is 1. The second-order valence-electron chi connectivity index (χ2n) is 5.53. The molecule has 0 aliphatic rings. The first-order chi connectivity index (χ1) is 11.2. The van der Waals surface area contributed by atoms with E-state index in [1.165, 1.54) is 11.1 Å². The summed E-state index contributed by atoms with van der Waals surface area (Å²) in [7, 11) is 7.14. The van der Waals surface area contributed by atoms with E-state index in [2.05, 4.69) is 30.1 Å². The van der Waals surface area contributed by atoms with E-state index < -0.39 is 0 Å². The number of nitrogens with zero attached hydrogens (tertiary/aromatic N) is 1. The second kappa shape index (κ2) is 8.44. The van der Waals surface area contributed by atoms with Crippen LogP contribution in [-0.4, -0.2) is 39.8 Å². The Bertz CT molecular complexity index is 628. The van der Waals surface area contributed by atoms with Gasteiger partial charge in [-0.3, -0.25) is 0 Å². The van der Waals surface area contributed by atoms with Gasteiger partial charge in [0, 0.05) is 13.1 Å². The van der Waals surface area contributed by atoms with Crippen LogP contribution >= 0.6 is 0 Å². The van der Waals surface area contributed by atoms with Crippen LogP contribution in [-0.2, 0) is 13.0 Å². The number of ether oxygens (including phenoxy) is 3. The first-order valence-corrected chi connectivity index (χ1v) is 7.68. The van der Waals surface area contributed by atoms with Gasteiger partial charge in [-0.05, 0) is 48.9 Å². The van der Waals surface area contributed by atoms with E-state index >= 15 is 0 Å². The Morgan fingerprint density at radius 3 is 2.30 bits per heavy atom. The van der Waals surface area contributed by atoms with Crippen LogP contribution in [0.25, 0.3) is 0 Å². The lowest BCUT2D eigenvalue weighted by atomic mass is 10.1. The molecule has 0 heterocycles. The van der Waals surface area contributed by atoms with E-state index in [0.717, 1.165) is 36.8 Å². The highest BCUT2D eigenvalue weighted by atomic mass is 16.5. The minimum atomic E-state index is 0.765. The molecule has 4 nitrogen and oxygen atoms in total. The van der Waals surface area contributed by atoms with Crippen LogP contribution in [0, 0.1) is 0 Å². The molecule has 4 heteroatoms. The quantitative estimate of drug-likeness (QED) is 0.747. The second-order valence-corrected chi connectivity index (χ2v) is 5.53. The molecule has 0 spiro atoms. The lowest BCUT2D eigenvalue weighted by Crippen LogP contribution is -2.20. The average molecular weight is 315 g/mol. The molecule has 0 fully saturated rings. The summed E-state index contributed by atoms with van der Waals surface area (Å²) in [5, 5.41) is 0. The SMILES string of the molecule is COc1cccc(CN(C)CCc2ccc(OC)c(OC)c2)c1. The van der Waals surface area contributed by atoms with Crippen molar-refractivity contribution >= 4 is 0 Å². The molecule has 0 N–H and O–H groups in total. The molecule has 2 aromatic carbocycles. The highest BCUT2D eigenvalue weighted by molar-refractivity contribution is 5.43. The van der Waals surface area contributed by atoms with Crippen molar-refractivity contribution in [3.8, 4) is 17.2 Å². The van der Waals surface area contributed by atoms with Crippen LogP contribution in [0.3, 0.4) is 0 Å². The van der Waals surface area contributed by atoms with Crippen molar-refractivity contribution in [3.63, 3.8) is 0 Å². The highest BCUT2D eigenvalue weighted by Gasteiger charge is 2.06. The summed E-state index contributed by atoms with van der Waals surface area (Å²) in [6.45, 7) is 1.86. The summed E-state index contributed by atoms with van der Waals surface area (Å²) in [6, 6.07) is 14.3. The molecule has 0 aromatic heterocycles. The minimum Gasteiger partial charge on any atom is -0.497 e. The summed E-state index contributed by atoms with van der Waals surface area (Å²) in [4.78, 5) is 2.30. The number of hydrogen-bond donors (Lipinski definition) is 0. The van der Waals surface area contributed by atoms with Gasteiger partial charge in [0.2, 0.25) is 0 Å². The third-order valence-electron chi connectivity index (χ3n) is 3.82. The predicted molar refractivity (Wildman–Crippen MR) is 92.6 cm³/mol. The van der Waals surface area contributed by atoms with Gasteiger partial charge in [0.1, 0.15) is 5.75 Å². The number of hydrogen-bond acceptors (Lipinski definition) is 4.